The maximum absolute atomic E-state index is 4.56. The molecule has 6 heteroatoms. The Balaban J connectivity index is 2.07. The van der Waals surface area contributed by atoms with E-state index in [0.717, 1.165) is 23.6 Å². The number of nitrogens with zero attached hydrogens (tertiary/aromatic N) is 5. The molecule has 0 aliphatic heterocycles. The molecular weight excluding hydrogens is 264 g/mol. The lowest BCUT2D eigenvalue weighted by molar-refractivity contribution is 0.543. The molecule has 2 aromatic rings. The monoisotopic (exact) mass is 288 g/mol. The van der Waals surface area contributed by atoms with Crippen LogP contribution in [0, 0.1) is 20.8 Å². The number of aryl methyl sites for hydroxylation is 3. The molecule has 0 saturated carbocycles. The van der Waals surface area contributed by atoms with Crippen LogP contribution in [0.5, 0.6) is 0 Å². The molecule has 21 heavy (non-hydrogen) atoms. The fraction of sp³-hybridized carbons (Fsp3) is 0.533. The SMILES string of the molecule is Cc1cc(C)n(C[C@H](C)Nc2ncc(C)c(N(C)C)n2)n1. The predicted octanol–water partition coefficient (Wildman–Crippen LogP) is 2.16. The average Bonchev–Trinajstić information content (AvgIpc) is 2.69. The first kappa shape index (κ1) is 15.3. The summed E-state index contributed by atoms with van der Waals surface area (Å²) in [5, 5.41) is 7.82. The zero-order valence-electron chi connectivity index (χ0n) is 13.7. The third-order valence-corrected chi connectivity index (χ3v) is 3.29. The minimum Gasteiger partial charge on any atom is -0.362 e. The lowest BCUT2D eigenvalue weighted by Gasteiger charge is -2.18. The second-order valence-corrected chi connectivity index (χ2v) is 5.75. The third-order valence-electron chi connectivity index (χ3n) is 3.29. The zero-order chi connectivity index (χ0) is 15.6. The summed E-state index contributed by atoms with van der Waals surface area (Å²) < 4.78 is 2.01. The Kier molecular flexibility index (Phi) is 4.45. The van der Waals surface area contributed by atoms with Crippen LogP contribution in [0.15, 0.2) is 12.3 Å². The van der Waals surface area contributed by atoms with Gasteiger partial charge >= 0.3 is 0 Å². The normalized spacial score (nSPS) is 12.3. The van der Waals surface area contributed by atoms with Crippen LogP contribution in [-0.2, 0) is 6.54 Å². The Morgan fingerprint density at radius 3 is 2.57 bits per heavy atom. The fourth-order valence-corrected chi connectivity index (χ4v) is 2.34. The van der Waals surface area contributed by atoms with Crippen molar-refractivity contribution in [2.24, 2.45) is 0 Å². The Hall–Kier alpha value is -2.11. The Bertz CT molecular complexity index is 617. The van der Waals surface area contributed by atoms with Crippen LogP contribution >= 0.6 is 0 Å². The van der Waals surface area contributed by atoms with Crippen LogP contribution in [0.4, 0.5) is 11.8 Å². The van der Waals surface area contributed by atoms with Gasteiger partial charge in [-0.05, 0) is 33.8 Å². The highest BCUT2D eigenvalue weighted by molar-refractivity contribution is 5.47. The van der Waals surface area contributed by atoms with Crippen molar-refractivity contribution in [2.45, 2.75) is 40.3 Å². The molecule has 2 rings (SSSR count). The van der Waals surface area contributed by atoms with Gasteiger partial charge in [0.1, 0.15) is 5.82 Å². The Labute approximate surface area is 126 Å². The first-order valence-corrected chi connectivity index (χ1v) is 7.15. The summed E-state index contributed by atoms with van der Waals surface area (Å²) >= 11 is 0. The van der Waals surface area contributed by atoms with Crippen molar-refractivity contribution in [1.82, 2.24) is 19.7 Å². The van der Waals surface area contributed by atoms with Crippen molar-refractivity contribution in [1.29, 1.82) is 0 Å². The van der Waals surface area contributed by atoms with Crippen LogP contribution < -0.4 is 10.2 Å². The van der Waals surface area contributed by atoms with Crippen molar-refractivity contribution >= 4 is 11.8 Å². The number of nitrogens with one attached hydrogen (secondary N) is 1. The van der Waals surface area contributed by atoms with E-state index in [0.29, 0.717) is 5.95 Å². The van der Waals surface area contributed by atoms with Gasteiger partial charge < -0.3 is 10.2 Å². The summed E-state index contributed by atoms with van der Waals surface area (Å²) in [6.45, 7) is 8.98. The minimum atomic E-state index is 0.195. The second kappa shape index (κ2) is 6.11. The number of rotatable bonds is 5. The molecule has 0 saturated heterocycles. The molecule has 0 radical (unpaired) electrons. The Morgan fingerprint density at radius 2 is 2.00 bits per heavy atom. The molecule has 0 spiro atoms. The lowest BCUT2D eigenvalue weighted by Crippen LogP contribution is -2.25. The molecule has 0 aromatic carbocycles. The molecule has 6 nitrogen and oxygen atoms in total. The molecule has 0 bridgehead atoms. The van der Waals surface area contributed by atoms with E-state index >= 15 is 0 Å². The number of hydrogen-bond donors (Lipinski definition) is 1. The first-order chi connectivity index (χ1) is 9.86. The maximum Gasteiger partial charge on any atom is 0.224 e. The van der Waals surface area contributed by atoms with E-state index in [1.165, 1.54) is 5.69 Å². The van der Waals surface area contributed by atoms with Crippen molar-refractivity contribution in [3.8, 4) is 0 Å². The standard InChI is InChI=1S/C15H24N6/c1-10-8-16-15(18-14(10)20(5)6)17-12(3)9-21-13(4)7-11(2)19-21/h7-8,12H,9H2,1-6H3,(H,16,17,18)/t12-/m0/s1. The Morgan fingerprint density at radius 1 is 1.29 bits per heavy atom. The predicted molar refractivity (Wildman–Crippen MR) is 85.9 cm³/mol. The second-order valence-electron chi connectivity index (χ2n) is 5.75. The first-order valence-electron chi connectivity index (χ1n) is 7.15. The smallest absolute Gasteiger partial charge is 0.224 e. The summed E-state index contributed by atoms with van der Waals surface area (Å²) in [5.41, 5.74) is 3.28. The number of hydrogen-bond acceptors (Lipinski definition) is 5. The average molecular weight is 288 g/mol. The molecular formula is C15H24N6. The highest BCUT2D eigenvalue weighted by Gasteiger charge is 2.10. The summed E-state index contributed by atoms with van der Waals surface area (Å²) in [4.78, 5) is 10.9. The van der Waals surface area contributed by atoms with E-state index in [4.69, 9.17) is 0 Å². The van der Waals surface area contributed by atoms with Crippen molar-refractivity contribution in [3.05, 3.63) is 29.2 Å². The van der Waals surface area contributed by atoms with E-state index in [9.17, 15) is 0 Å². The molecule has 2 heterocycles. The van der Waals surface area contributed by atoms with Gasteiger partial charge in [-0.15, -0.1) is 0 Å². The van der Waals surface area contributed by atoms with E-state index in [1.807, 2.05) is 43.7 Å². The summed E-state index contributed by atoms with van der Waals surface area (Å²) in [7, 11) is 3.97. The zero-order valence-corrected chi connectivity index (χ0v) is 13.7. The quantitative estimate of drug-likeness (QED) is 0.913. The van der Waals surface area contributed by atoms with Crippen LogP contribution in [-0.4, -0.2) is 39.9 Å². The summed E-state index contributed by atoms with van der Waals surface area (Å²) in [6, 6.07) is 2.28. The molecule has 0 unspecified atom stereocenters. The summed E-state index contributed by atoms with van der Waals surface area (Å²) in [6.07, 6.45) is 1.85. The van der Waals surface area contributed by atoms with Crippen LogP contribution in [0.3, 0.4) is 0 Å². The van der Waals surface area contributed by atoms with Gasteiger partial charge in [-0.25, -0.2) is 4.98 Å². The maximum atomic E-state index is 4.56. The van der Waals surface area contributed by atoms with E-state index < -0.39 is 0 Å². The molecule has 0 aliphatic carbocycles. The largest absolute Gasteiger partial charge is 0.362 e. The molecule has 1 atom stereocenters. The van der Waals surface area contributed by atoms with Gasteiger partial charge in [0.25, 0.3) is 0 Å². The fourth-order valence-electron chi connectivity index (χ4n) is 2.34. The third kappa shape index (κ3) is 3.71. The highest BCUT2D eigenvalue weighted by atomic mass is 15.3. The lowest BCUT2D eigenvalue weighted by atomic mass is 10.3. The molecule has 114 valence electrons. The van der Waals surface area contributed by atoms with Gasteiger partial charge in [0.15, 0.2) is 0 Å². The molecule has 0 fully saturated rings. The van der Waals surface area contributed by atoms with Gasteiger partial charge in [0.2, 0.25) is 5.95 Å². The van der Waals surface area contributed by atoms with Gasteiger partial charge in [-0.1, -0.05) is 0 Å². The van der Waals surface area contributed by atoms with E-state index in [2.05, 4.69) is 40.3 Å². The minimum absolute atomic E-state index is 0.195. The van der Waals surface area contributed by atoms with Crippen LogP contribution in [0.2, 0.25) is 0 Å². The van der Waals surface area contributed by atoms with Crippen LogP contribution in [0.1, 0.15) is 23.9 Å². The molecule has 2 aromatic heterocycles. The van der Waals surface area contributed by atoms with Crippen molar-refractivity contribution < 1.29 is 0 Å². The summed E-state index contributed by atoms with van der Waals surface area (Å²) in [5.74, 6) is 1.59. The molecule has 0 aliphatic rings. The van der Waals surface area contributed by atoms with Crippen molar-refractivity contribution in [2.75, 3.05) is 24.3 Å². The van der Waals surface area contributed by atoms with Gasteiger partial charge in [-0.2, -0.15) is 10.1 Å². The van der Waals surface area contributed by atoms with Gasteiger partial charge in [0, 0.05) is 37.6 Å². The molecule has 0 amide bonds. The van der Waals surface area contributed by atoms with Gasteiger partial charge in [0.05, 0.1) is 12.2 Å². The molecule has 1 N–H and O–H groups in total. The number of anilines is 2. The highest BCUT2D eigenvalue weighted by Crippen LogP contribution is 2.15. The topological polar surface area (TPSA) is 58.9 Å². The van der Waals surface area contributed by atoms with Gasteiger partial charge in [-0.3, -0.25) is 4.68 Å². The van der Waals surface area contributed by atoms with E-state index in [1.54, 1.807) is 0 Å². The number of aromatic nitrogens is 4. The van der Waals surface area contributed by atoms with Crippen molar-refractivity contribution in [3.63, 3.8) is 0 Å². The van der Waals surface area contributed by atoms with E-state index in [-0.39, 0.29) is 6.04 Å². The van der Waals surface area contributed by atoms with Crippen LogP contribution in [0.25, 0.3) is 0 Å².